The average Bonchev–Trinajstić information content (AvgIpc) is 3.34. The molecule has 3 fully saturated rings. The monoisotopic (exact) mass is 498 g/mol. The van der Waals surface area contributed by atoms with Crippen LogP contribution in [0.5, 0.6) is 0 Å². The number of guanidine groups is 1. The maximum absolute atomic E-state index is 11.7. The third-order valence-electron chi connectivity index (χ3n) is 6.06. The second kappa shape index (κ2) is 9.28. The van der Waals surface area contributed by atoms with Crippen LogP contribution >= 0.6 is 24.0 Å². The minimum atomic E-state index is 0. The van der Waals surface area contributed by atoms with Crippen LogP contribution in [0.25, 0.3) is 0 Å². The highest BCUT2D eigenvalue weighted by Crippen LogP contribution is 2.36. The number of likely N-dealkylation sites (tertiary alicyclic amines) is 1. The Morgan fingerprint density at radius 2 is 2.11 bits per heavy atom. The topological polar surface area (TPSA) is 72.9 Å². The minimum absolute atomic E-state index is 0. The standard InChI is InChI=1S/C20H30N6O.HI/c1-21-19(26-10-4-7-20(15-26)11-18(27)24-14-20)23-13-16-5-6-17(22-12-16)25-8-2-3-9-25;/h5-6,12H,2-4,7-11,13-15H2,1H3,(H,21,23)(H,24,27);1H. The van der Waals surface area contributed by atoms with Gasteiger partial charge in [-0.25, -0.2) is 4.98 Å². The molecule has 28 heavy (non-hydrogen) atoms. The Balaban J connectivity index is 0.00000225. The molecule has 0 aliphatic carbocycles. The molecule has 0 saturated carbocycles. The van der Waals surface area contributed by atoms with Gasteiger partial charge >= 0.3 is 0 Å². The third kappa shape index (κ3) is 4.69. The molecule has 7 nitrogen and oxygen atoms in total. The maximum Gasteiger partial charge on any atom is 0.220 e. The van der Waals surface area contributed by atoms with E-state index in [9.17, 15) is 4.79 Å². The van der Waals surface area contributed by atoms with Crippen molar-refractivity contribution in [2.75, 3.05) is 44.7 Å². The number of aliphatic imine (C=N–C) groups is 1. The number of carbonyl (C=O) groups excluding carboxylic acids is 1. The summed E-state index contributed by atoms with van der Waals surface area (Å²) in [6, 6.07) is 4.27. The summed E-state index contributed by atoms with van der Waals surface area (Å²) in [6.45, 7) is 5.61. The van der Waals surface area contributed by atoms with Crippen LogP contribution < -0.4 is 15.5 Å². The molecule has 1 aromatic heterocycles. The van der Waals surface area contributed by atoms with E-state index in [2.05, 4.69) is 42.5 Å². The second-order valence-corrected chi connectivity index (χ2v) is 8.10. The Morgan fingerprint density at radius 3 is 2.75 bits per heavy atom. The first-order valence-electron chi connectivity index (χ1n) is 10.1. The number of nitrogens with zero attached hydrogens (tertiary/aromatic N) is 4. The number of rotatable bonds is 3. The highest BCUT2D eigenvalue weighted by molar-refractivity contribution is 14.0. The average molecular weight is 498 g/mol. The fraction of sp³-hybridized carbons (Fsp3) is 0.650. The lowest BCUT2D eigenvalue weighted by Crippen LogP contribution is -2.51. The first kappa shape index (κ1) is 21.1. The predicted molar refractivity (Wildman–Crippen MR) is 122 cm³/mol. The molecule has 0 aromatic carbocycles. The van der Waals surface area contributed by atoms with E-state index in [1.807, 2.05) is 13.2 Å². The van der Waals surface area contributed by atoms with Crippen LogP contribution in [0.3, 0.4) is 0 Å². The first-order chi connectivity index (χ1) is 13.2. The third-order valence-corrected chi connectivity index (χ3v) is 6.06. The molecule has 1 spiro atoms. The van der Waals surface area contributed by atoms with Crippen LogP contribution in [-0.2, 0) is 11.3 Å². The van der Waals surface area contributed by atoms with Gasteiger partial charge in [0, 0.05) is 64.3 Å². The van der Waals surface area contributed by atoms with Gasteiger partial charge in [0.15, 0.2) is 5.96 Å². The van der Waals surface area contributed by atoms with Crippen LogP contribution in [0.4, 0.5) is 5.82 Å². The van der Waals surface area contributed by atoms with E-state index in [1.165, 1.54) is 12.8 Å². The Hall–Kier alpha value is -1.58. The maximum atomic E-state index is 11.7. The van der Waals surface area contributed by atoms with Gasteiger partial charge in [0.2, 0.25) is 5.91 Å². The normalized spacial score (nSPS) is 25.0. The van der Waals surface area contributed by atoms with E-state index in [4.69, 9.17) is 0 Å². The number of pyridine rings is 1. The fourth-order valence-electron chi connectivity index (χ4n) is 4.60. The number of halogens is 1. The molecule has 1 amide bonds. The molecule has 4 heterocycles. The molecule has 154 valence electrons. The lowest BCUT2D eigenvalue weighted by atomic mass is 9.79. The number of hydrogen-bond donors (Lipinski definition) is 2. The summed E-state index contributed by atoms with van der Waals surface area (Å²) in [4.78, 5) is 25.5. The first-order valence-corrected chi connectivity index (χ1v) is 10.1. The summed E-state index contributed by atoms with van der Waals surface area (Å²) in [5.74, 6) is 2.18. The van der Waals surface area contributed by atoms with Crippen LogP contribution in [0.15, 0.2) is 23.3 Å². The van der Waals surface area contributed by atoms with Crippen molar-refractivity contribution in [3.8, 4) is 0 Å². The van der Waals surface area contributed by atoms with Crippen LogP contribution in [-0.4, -0.2) is 61.5 Å². The molecule has 3 aliphatic rings. The van der Waals surface area contributed by atoms with Crippen molar-refractivity contribution in [2.45, 2.75) is 38.6 Å². The number of aromatic nitrogens is 1. The van der Waals surface area contributed by atoms with Crippen molar-refractivity contribution < 1.29 is 4.79 Å². The number of amides is 1. The van der Waals surface area contributed by atoms with E-state index in [0.717, 1.165) is 62.9 Å². The summed E-state index contributed by atoms with van der Waals surface area (Å²) in [6.07, 6.45) is 7.34. The van der Waals surface area contributed by atoms with E-state index in [0.29, 0.717) is 13.0 Å². The summed E-state index contributed by atoms with van der Waals surface area (Å²) in [5.41, 5.74) is 1.23. The van der Waals surface area contributed by atoms with Gasteiger partial charge in [-0.1, -0.05) is 6.07 Å². The zero-order valence-corrected chi connectivity index (χ0v) is 18.9. The van der Waals surface area contributed by atoms with Gasteiger partial charge in [-0.2, -0.15) is 0 Å². The molecule has 0 bridgehead atoms. The van der Waals surface area contributed by atoms with Gasteiger partial charge in [-0.3, -0.25) is 9.79 Å². The summed E-state index contributed by atoms with van der Waals surface area (Å²) >= 11 is 0. The Bertz CT molecular complexity index is 703. The molecule has 1 unspecified atom stereocenters. The highest BCUT2D eigenvalue weighted by atomic mass is 127. The Kier molecular flexibility index (Phi) is 7.00. The molecule has 3 saturated heterocycles. The van der Waals surface area contributed by atoms with Crippen molar-refractivity contribution in [1.82, 2.24) is 20.5 Å². The molecule has 1 atom stereocenters. The quantitative estimate of drug-likeness (QED) is 0.379. The lowest BCUT2D eigenvalue weighted by Gasteiger charge is -2.40. The number of piperidine rings is 1. The van der Waals surface area contributed by atoms with Crippen molar-refractivity contribution in [3.05, 3.63) is 23.9 Å². The highest BCUT2D eigenvalue weighted by Gasteiger charge is 2.42. The molecule has 4 rings (SSSR count). The number of nitrogens with one attached hydrogen (secondary N) is 2. The second-order valence-electron chi connectivity index (χ2n) is 8.10. The smallest absolute Gasteiger partial charge is 0.220 e. The molecule has 8 heteroatoms. The zero-order chi connectivity index (χ0) is 18.7. The number of hydrogen-bond acceptors (Lipinski definition) is 4. The zero-order valence-electron chi connectivity index (χ0n) is 16.6. The van der Waals surface area contributed by atoms with Crippen LogP contribution in [0, 0.1) is 5.41 Å². The summed E-state index contributed by atoms with van der Waals surface area (Å²) in [5, 5.41) is 6.48. The summed E-state index contributed by atoms with van der Waals surface area (Å²) < 4.78 is 0. The van der Waals surface area contributed by atoms with Crippen molar-refractivity contribution in [2.24, 2.45) is 10.4 Å². The Labute approximate surface area is 184 Å². The number of anilines is 1. The molecule has 3 aliphatic heterocycles. The van der Waals surface area contributed by atoms with Crippen molar-refractivity contribution in [3.63, 3.8) is 0 Å². The van der Waals surface area contributed by atoms with Gasteiger partial charge in [0.05, 0.1) is 0 Å². The SMILES string of the molecule is CN=C(NCc1ccc(N2CCCC2)nc1)N1CCCC2(CNC(=O)C2)C1.I. The molecular weight excluding hydrogens is 467 g/mol. The molecular formula is C20H31IN6O. The van der Waals surface area contributed by atoms with E-state index >= 15 is 0 Å². The molecule has 1 aromatic rings. The van der Waals surface area contributed by atoms with Crippen molar-refractivity contribution in [1.29, 1.82) is 0 Å². The van der Waals surface area contributed by atoms with Gasteiger partial charge in [-0.15, -0.1) is 24.0 Å². The molecule has 2 N–H and O–H groups in total. The summed E-state index contributed by atoms with van der Waals surface area (Å²) in [7, 11) is 1.83. The van der Waals surface area contributed by atoms with E-state index in [-0.39, 0.29) is 35.3 Å². The van der Waals surface area contributed by atoms with Gasteiger partial charge in [0.1, 0.15) is 5.82 Å². The lowest BCUT2D eigenvalue weighted by molar-refractivity contribution is -0.119. The molecule has 0 radical (unpaired) electrons. The van der Waals surface area contributed by atoms with Crippen molar-refractivity contribution >= 4 is 41.7 Å². The largest absolute Gasteiger partial charge is 0.357 e. The van der Waals surface area contributed by atoms with Gasteiger partial charge in [-0.05, 0) is 37.3 Å². The minimum Gasteiger partial charge on any atom is -0.357 e. The van der Waals surface area contributed by atoms with Gasteiger partial charge < -0.3 is 20.4 Å². The van der Waals surface area contributed by atoms with Crippen LogP contribution in [0.2, 0.25) is 0 Å². The predicted octanol–water partition coefficient (Wildman–Crippen LogP) is 1.98. The number of carbonyl (C=O) groups is 1. The fourth-order valence-corrected chi connectivity index (χ4v) is 4.60. The van der Waals surface area contributed by atoms with Gasteiger partial charge in [0.25, 0.3) is 0 Å². The Morgan fingerprint density at radius 1 is 1.29 bits per heavy atom. The van der Waals surface area contributed by atoms with Crippen LogP contribution in [0.1, 0.15) is 37.7 Å². The van der Waals surface area contributed by atoms with E-state index < -0.39 is 0 Å². The van der Waals surface area contributed by atoms with E-state index in [1.54, 1.807) is 0 Å².